The Bertz CT molecular complexity index is 436. The number of carbonyl (C=O) groups is 1. The zero-order chi connectivity index (χ0) is 13.2. The van der Waals surface area contributed by atoms with Crippen LogP contribution < -0.4 is 5.11 Å². The fraction of sp³-hybridized carbons (Fsp3) is 0.0667. The molecule has 0 aliphatic heterocycles. The largest absolute Gasteiger partial charge is 2.00 e. The Labute approximate surface area is 123 Å². The van der Waals surface area contributed by atoms with Crippen LogP contribution in [0.25, 0.3) is 0 Å². The Morgan fingerprint density at radius 3 is 2.32 bits per heavy atom. The minimum absolute atomic E-state index is 0. The fourth-order valence-corrected chi connectivity index (χ4v) is 1.16. The first-order valence-electron chi connectivity index (χ1n) is 5.45. The van der Waals surface area contributed by atoms with Gasteiger partial charge in [-0.05, 0) is 5.57 Å². The van der Waals surface area contributed by atoms with Gasteiger partial charge in [0.2, 0.25) is 0 Å². The molecule has 1 aromatic carbocycles. The van der Waals surface area contributed by atoms with Crippen LogP contribution in [0.15, 0.2) is 78.6 Å². The van der Waals surface area contributed by atoms with Crippen LogP contribution in [0.1, 0.15) is 0 Å². The second-order valence-electron chi connectivity index (χ2n) is 3.37. The summed E-state index contributed by atoms with van der Waals surface area (Å²) in [6, 6.07) is 10.0. The van der Waals surface area contributed by atoms with E-state index in [1.807, 2.05) is 30.3 Å². The first-order valence-corrected chi connectivity index (χ1v) is 5.45. The van der Waals surface area contributed by atoms with E-state index >= 15 is 0 Å². The molecule has 1 aliphatic carbocycles. The number of allylic oxidation sites excluding steroid dienone is 5. The third-order valence-electron chi connectivity index (χ3n) is 2.05. The van der Waals surface area contributed by atoms with Crippen molar-refractivity contribution >= 4 is 5.97 Å². The van der Waals surface area contributed by atoms with Gasteiger partial charge in [-0.3, -0.25) is 0 Å². The summed E-state index contributed by atoms with van der Waals surface area (Å²) in [6.07, 6.45) is 7.87. The molecule has 0 aromatic heterocycles. The second kappa shape index (κ2) is 10.1. The molecule has 0 unspecified atom stereocenters. The molecule has 0 fully saturated rings. The summed E-state index contributed by atoms with van der Waals surface area (Å²) in [5.74, 6) is -0.792. The van der Waals surface area contributed by atoms with Crippen molar-refractivity contribution in [2.75, 3.05) is 6.61 Å². The van der Waals surface area contributed by atoms with Crippen LogP contribution in [0, 0.1) is 0 Å². The second-order valence-corrected chi connectivity index (χ2v) is 3.37. The Morgan fingerprint density at radius 2 is 1.89 bits per heavy atom. The van der Waals surface area contributed by atoms with Gasteiger partial charge >= 0.3 is 23.0 Å². The molecular weight excluding hydrogens is 284 g/mol. The minimum atomic E-state index is -0.583. The van der Waals surface area contributed by atoms with E-state index in [9.17, 15) is 9.90 Å². The van der Waals surface area contributed by atoms with Crippen molar-refractivity contribution in [1.82, 2.24) is 0 Å². The van der Waals surface area contributed by atoms with Crippen molar-refractivity contribution in [3.63, 3.8) is 0 Å². The number of esters is 1. The molecule has 0 bridgehead atoms. The summed E-state index contributed by atoms with van der Waals surface area (Å²) in [7, 11) is 0. The van der Waals surface area contributed by atoms with Gasteiger partial charge < -0.3 is 9.84 Å². The molecule has 0 N–H and O–H groups in total. The zero-order valence-corrected chi connectivity index (χ0v) is 11.4. The molecule has 3 nitrogen and oxygen atoms in total. The number of ether oxygens (including phenoxy) is 1. The van der Waals surface area contributed by atoms with Gasteiger partial charge in [-0.15, -0.1) is 0 Å². The van der Waals surface area contributed by atoms with Crippen molar-refractivity contribution in [2.24, 2.45) is 0 Å². The topological polar surface area (TPSA) is 49.4 Å². The maximum Gasteiger partial charge on any atom is 2.00 e. The molecule has 0 amide bonds. The van der Waals surface area contributed by atoms with E-state index in [0.717, 1.165) is 6.08 Å². The molecular formula is C15H14FeO3. The predicted octanol–water partition coefficient (Wildman–Crippen LogP) is 1.86. The van der Waals surface area contributed by atoms with Crippen LogP contribution in [-0.2, 0) is 26.6 Å². The summed E-state index contributed by atoms with van der Waals surface area (Å²) in [4.78, 5) is 10.6. The summed E-state index contributed by atoms with van der Waals surface area (Å²) in [6.45, 7) is 2.99. The van der Waals surface area contributed by atoms with Crippen LogP contribution >= 0.6 is 0 Å². The third-order valence-corrected chi connectivity index (χ3v) is 2.05. The first-order chi connectivity index (χ1) is 8.74. The Balaban J connectivity index is 0.000000454. The smallest absolute Gasteiger partial charge is 0.873 e. The van der Waals surface area contributed by atoms with Gasteiger partial charge in [0.1, 0.15) is 6.61 Å². The van der Waals surface area contributed by atoms with Crippen molar-refractivity contribution < 1.29 is 31.7 Å². The van der Waals surface area contributed by atoms with E-state index < -0.39 is 5.97 Å². The average Bonchev–Trinajstić information content (AvgIpc) is 3.08. The van der Waals surface area contributed by atoms with Gasteiger partial charge in [-0.2, -0.15) is 18.2 Å². The third kappa shape index (κ3) is 7.19. The normalized spacial score (nSPS) is 11.1. The first kappa shape index (κ1) is 17.1. The summed E-state index contributed by atoms with van der Waals surface area (Å²) in [5.41, 5.74) is 0.553. The SMILES string of the molecule is C=CC(=O)OCC([O-])=C1C=CC=C1.[Fe+2].c1cc[cH-]c1. The summed E-state index contributed by atoms with van der Waals surface area (Å²) < 4.78 is 4.57. The van der Waals surface area contributed by atoms with Crippen molar-refractivity contribution in [1.29, 1.82) is 0 Å². The monoisotopic (exact) mass is 298 g/mol. The van der Waals surface area contributed by atoms with Gasteiger partial charge in [0.15, 0.2) is 0 Å². The van der Waals surface area contributed by atoms with E-state index in [-0.39, 0.29) is 29.4 Å². The quantitative estimate of drug-likeness (QED) is 0.281. The number of hydrogen-bond acceptors (Lipinski definition) is 3. The van der Waals surface area contributed by atoms with Gasteiger partial charge in [0.05, 0.1) is 0 Å². The van der Waals surface area contributed by atoms with Gasteiger partial charge in [0, 0.05) is 6.08 Å². The van der Waals surface area contributed by atoms with Crippen LogP contribution in [-0.4, -0.2) is 12.6 Å². The van der Waals surface area contributed by atoms with E-state index in [1.54, 1.807) is 24.3 Å². The van der Waals surface area contributed by atoms with E-state index in [0.29, 0.717) is 5.57 Å². The maximum absolute atomic E-state index is 11.2. The van der Waals surface area contributed by atoms with Gasteiger partial charge in [-0.25, -0.2) is 16.9 Å². The molecule has 0 heterocycles. The standard InChI is InChI=1S/C10H10O3.C5H5.Fe/c1-2-10(12)13-7-9(11)8-5-3-4-6-8;1-2-4-5-3-1;/h2-6,11H,1,7H2;1-5H;/q;-1;+2/p-1. The van der Waals surface area contributed by atoms with Gasteiger partial charge in [0.25, 0.3) is 0 Å². The molecule has 100 valence electrons. The number of hydrogen-bond donors (Lipinski definition) is 0. The molecule has 1 aromatic rings. The van der Waals surface area contributed by atoms with E-state index in [4.69, 9.17) is 0 Å². The molecule has 0 spiro atoms. The molecule has 19 heavy (non-hydrogen) atoms. The van der Waals surface area contributed by atoms with E-state index in [2.05, 4.69) is 11.3 Å². The molecule has 0 saturated heterocycles. The van der Waals surface area contributed by atoms with E-state index in [1.165, 1.54) is 0 Å². The predicted molar refractivity (Wildman–Crippen MR) is 68.5 cm³/mol. The Morgan fingerprint density at radius 1 is 1.32 bits per heavy atom. The molecule has 0 atom stereocenters. The van der Waals surface area contributed by atoms with Crippen LogP contribution in [0.3, 0.4) is 0 Å². The van der Waals surface area contributed by atoms with Gasteiger partial charge in [-0.1, -0.05) is 36.6 Å². The van der Waals surface area contributed by atoms with Crippen LogP contribution in [0.5, 0.6) is 0 Å². The van der Waals surface area contributed by atoms with Crippen molar-refractivity contribution in [3.8, 4) is 0 Å². The molecule has 0 radical (unpaired) electrons. The molecule has 4 heteroatoms. The molecule has 2 rings (SSSR count). The summed E-state index contributed by atoms with van der Waals surface area (Å²) in [5, 5.41) is 11.2. The molecule has 0 saturated carbocycles. The van der Waals surface area contributed by atoms with Crippen molar-refractivity contribution in [3.05, 3.63) is 78.6 Å². The average molecular weight is 298 g/mol. The summed E-state index contributed by atoms with van der Waals surface area (Å²) >= 11 is 0. The van der Waals surface area contributed by atoms with Crippen LogP contribution in [0.2, 0.25) is 0 Å². The minimum Gasteiger partial charge on any atom is -0.873 e. The maximum atomic E-state index is 11.2. The Kier molecular flexibility index (Phi) is 9.06. The fourth-order valence-electron chi connectivity index (χ4n) is 1.16. The van der Waals surface area contributed by atoms with Crippen molar-refractivity contribution in [2.45, 2.75) is 0 Å². The Hall–Kier alpha value is -1.90. The van der Waals surface area contributed by atoms with Crippen LogP contribution in [0.4, 0.5) is 0 Å². The molecule has 1 aliphatic rings. The number of rotatable bonds is 3. The number of carbonyl (C=O) groups excluding carboxylic acids is 1. The zero-order valence-electron chi connectivity index (χ0n) is 10.3.